The zero-order chi connectivity index (χ0) is 11.5. The molecule has 0 saturated heterocycles. The number of pyridine rings is 1. The highest BCUT2D eigenvalue weighted by molar-refractivity contribution is 6.29. The summed E-state index contributed by atoms with van der Waals surface area (Å²) in [6.45, 7) is 0. The molecule has 0 atom stereocenters. The van der Waals surface area contributed by atoms with Gasteiger partial charge in [-0.25, -0.2) is 4.98 Å². The lowest BCUT2D eigenvalue weighted by atomic mass is 10.5. The molecule has 0 unspecified atom stereocenters. The van der Waals surface area contributed by atoms with Crippen LogP contribution in [0.4, 0.5) is 19.0 Å². The predicted octanol–water partition coefficient (Wildman–Crippen LogP) is 1.74. The fourth-order valence-corrected chi connectivity index (χ4v) is 0.833. The fourth-order valence-electron chi connectivity index (χ4n) is 0.670. The summed E-state index contributed by atoms with van der Waals surface area (Å²) in [5.74, 6) is -2.09. The van der Waals surface area contributed by atoms with Crippen molar-refractivity contribution in [2.45, 2.75) is 6.18 Å². The van der Waals surface area contributed by atoms with Gasteiger partial charge in [0.15, 0.2) is 0 Å². The third kappa shape index (κ3) is 3.62. The van der Waals surface area contributed by atoms with Gasteiger partial charge in [0.05, 0.1) is 0 Å². The molecule has 0 bridgehead atoms. The molecule has 0 fully saturated rings. The van der Waals surface area contributed by atoms with Crippen molar-refractivity contribution in [1.82, 2.24) is 10.4 Å². The summed E-state index contributed by atoms with van der Waals surface area (Å²) in [4.78, 5) is 14.0. The number of nitrogens with one attached hydrogen (secondary N) is 2. The first-order valence-electron chi connectivity index (χ1n) is 3.65. The molecular formula is C7H5ClF3N3O. The van der Waals surface area contributed by atoms with Gasteiger partial charge in [-0.3, -0.25) is 15.6 Å². The first kappa shape index (κ1) is 11.6. The summed E-state index contributed by atoms with van der Waals surface area (Å²) in [5.41, 5.74) is 3.41. The maximum Gasteiger partial charge on any atom is 0.472 e. The van der Waals surface area contributed by atoms with E-state index in [0.29, 0.717) is 0 Å². The molecule has 1 rings (SSSR count). The van der Waals surface area contributed by atoms with Crippen molar-refractivity contribution in [3.63, 3.8) is 0 Å². The molecular weight excluding hydrogens is 235 g/mol. The van der Waals surface area contributed by atoms with E-state index >= 15 is 0 Å². The SMILES string of the molecule is O=C(NNc1cccc(Cl)n1)C(F)(F)F. The van der Waals surface area contributed by atoms with Crippen LogP contribution in [0.3, 0.4) is 0 Å². The zero-order valence-corrected chi connectivity index (χ0v) is 7.86. The maximum absolute atomic E-state index is 11.7. The molecule has 4 nitrogen and oxygen atoms in total. The van der Waals surface area contributed by atoms with Gasteiger partial charge in [0.1, 0.15) is 11.0 Å². The summed E-state index contributed by atoms with van der Waals surface area (Å²) in [6, 6.07) is 4.26. The lowest BCUT2D eigenvalue weighted by Crippen LogP contribution is -2.40. The Morgan fingerprint density at radius 3 is 2.60 bits per heavy atom. The van der Waals surface area contributed by atoms with Crippen LogP contribution in [0.1, 0.15) is 0 Å². The van der Waals surface area contributed by atoms with Gasteiger partial charge in [0.2, 0.25) is 0 Å². The van der Waals surface area contributed by atoms with Gasteiger partial charge < -0.3 is 0 Å². The molecule has 1 aromatic rings. The standard InChI is InChI=1S/C7H5ClF3N3O/c8-4-2-1-3-5(12-4)13-14-6(15)7(9,10)11/h1-3H,(H,12,13)(H,14,15). The van der Waals surface area contributed by atoms with Crippen molar-refractivity contribution in [2.75, 3.05) is 5.43 Å². The van der Waals surface area contributed by atoms with E-state index in [1.165, 1.54) is 23.6 Å². The Balaban J connectivity index is 2.55. The number of rotatable bonds is 2. The van der Waals surface area contributed by atoms with Crippen LogP contribution in [0.25, 0.3) is 0 Å². The van der Waals surface area contributed by atoms with E-state index in [-0.39, 0.29) is 11.0 Å². The number of anilines is 1. The summed E-state index contributed by atoms with van der Waals surface area (Å²) >= 11 is 5.46. The number of aromatic nitrogens is 1. The van der Waals surface area contributed by atoms with E-state index in [0.717, 1.165) is 0 Å². The third-order valence-corrected chi connectivity index (χ3v) is 1.49. The second-order valence-corrected chi connectivity index (χ2v) is 2.81. The number of halogens is 4. The Labute approximate surface area is 87.4 Å². The topological polar surface area (TPSA) is 54.0 Å². The zero-order valence-electron chi connectivity index (χ0n) is 7.10. The first-order chi connectivity index (χ1) is 6.89. The van der Waals surface area contributed by atoms with E-state index in [2.05, 4.69) is 4.98 Å². The smallest absolute Gasteiger partial charge is 0.282 e. The fraction of sp³-hybridized carbons (Fsp3) is 0.143. The number of hydrogen-bond donors (Lipinski definition) is 2. The number of nitrogens with zero attached hydrogens (tertiary/aromatic N) is 1. The Morgan fingerprint density at radius 1 is 1.40 bits per heavy atom. The summed E-state index contributed by atoms with van der Waals surface area (Å²) < 4.78 is 35.2. The van der Waals surface area contributed by atoms with Gasteiger partial charge in [-0.15, -0.1) is 0 Å². The Hall–Kier alpha value is -1.50. The monoisotopic (exact) mass is 239 g/mol. The Kier molecular flexibility index (Phi) is 3.35. The van der Waals surface area contributed by atoms with Gasteiger partial charge in [-0.2, -0.15) is 13.2 Å². The van der Waals surface area contributed by atoms with Crippen LogP contribution >= 0.6 is 11.6 Å². The minimum Gasteiger partial charge on any atom is -0.282 e. The Morgan fingerprint density at radius 2 is 2.07 bits per heavy atom. The lowest BCUT2D eigenvalue weighted by Gasteiger charge is -2.09. The van der Waals surface area contributed by atoms with Crippen molar-refractivity contribution in [3.8, 4) is 0 Å². The van der Waals surface area contributed by atoms with Crippen LogP contribution in [0.5, 0.6) is 0 Å². The first-order valence-corrected chi connectivity index (χ1v) is 4.03. The van der Waals surface area contributed by atoms with Gasteiger partial charge in [-0.05, 0) is 12.1 Å². The second-order valence-electron chi connectivity index (χ2n) is 2.42. The lowest BCUT2D eigenvalue weighted by molar-refractivity contribution is -0.173. The molecule has 0 aliphatic carbocycles. The molecule has 8 heteroatoms. The molecule has 1 heterocycles. The largest absolute Gasteiger partial charge is 0.472 e. The summed E-state index contributed by atoms with van der Waals surface area (Å²) in [6.07, 6.45) is -4.94. The number of hydrogen-bond acceptors (Lipinski definition) is 3. The minimum absolute atomic E-state index is 0.0140. The van der Waals surface area contributed by atoms with Crippen LogP contribution in [0.15, 0.2) is 18.2 Å². The molecule has 0 aliphatic heterocycles. The number of alkyl halides is 3. The van der Waals surface area contributed by atoms with Crippen LogP contribution in [0, 0.1) is 0 Å². The van der Waals surface area contributed by atoms with Crippen LogP contribution in [-0.2, 0) is 4.79 Å². The number of carbonyl (C=O) groups is 1. The normalized spacial score (nSPS) is 10.9. The maximum atomic E-state index is 11.7. The van der Waals surface area contributed by atoms with Gasteiger partial charge in [-0.1, -0.05) is 17.7 Å². The molecule has 0 saturated carbocycles. The highest BCUT2D eigenvalue weighted by atomic mass is 35.5. The quantitative estimate of drug-likeness (QED) is 0.611. The van der Waals surface area contributed by atoms with Gasteiger partial charge in [0.25, 0.3) is 0 Å². The molecule has 0 radical (unpaired) electrons. The van der Waals surface area contributed by atoms with E-state index < -0.39 is 12.1 Å². The second kappa shape index (κ2) is 4.35. The van der Waals surface area contributed by atoms with Crippen molar-refractivity contribution in [1.29, 1.82) is 0 Å². The van der Waals surface area contributed by atoms with Gasteiger partial charge >= 0.3 is 12.1 Å². The highest BCUT2D eigenvalue weighted by Gasteiger charge is 2.38. The average Bonchev–Trinajstić information content (AvgIpc) is 2.12. The number of carbonyl (C=O) groups excluding carboxylic acids is 1. The summed E-state index contributed by atoms with van der Waals surface area (Å²) in [5, 5.41) is 0.0984. The van der Waals surface area contributed by atoms with Crippen LogP contribution < -0.4 is 10.9 Å². The van der Waals surface area contributed by atoms with Crippen LogP contribution in [0.2, 0.25) is 5.15 Å². The average molecular weight is 240 g/mol. The molecule has 82 valence electrons. The highest BCUT2D eigenvalue weighted by Crippen LogP contribution is 2.14. The minimum atomic E-state index is -4.94. The van der Waals surface area contributed by atoms with Crippen LogP contribution in [-0.4, -0.2) is 17.1 Å². The molecule has 2 N–H and O–H groups in total. The van der Waals surface area contributed by atoms with E-state index in [4.69, 9.17) is 11.6 Å². The van der Waals surface area contributed by atoms with Crippen molar-refractivity contribution in [2.24, 2.45) is 0 Å². The molecule has 1 amide bonds. The number of amides is 1. The van der Waals surface area contributed by atoms with E-state index in [9.17, 15) is 18.0 Å². The predicted molar refractivity (Wildman–Crippen MR) is 47.1 cm³/mol. The molecule has 15 heavy (non-hydrogen) atoms. The van der Waals surface area contributed by atoms with Crippen molar-refractivity contribution in [3.05, 3.63) is 23.4 Å². The molecule has 0 spiro atoms. The van der Waals surface area contributed by atoms with Crippen molar-refractivity contribution < 1.29 is 18.0 Å². The van der Waals surface area contributed by atoms with Crippen molar-refractivity contribution >= 4 is 23.3 Å². The third-order valence-electron chi connectivity index (χ3n) is 1.28. The van der Waals surface area contributed by atoms with E-state index in [1.807, 2.05) is 5.43 Å². The molecule has 1 aromatic heterocycles. The summed E-state index contributed by atoms with van der Waals surface area (Å²) in [7, 11) is 0. The Bertz CT molecular complexity index is 369. The van der Waals surface area contributed by atoms with Gasteiger partial charge in [0, 0.05) is 0 Å². The number of hydrazine groups is 1. The molecule has 0 aromatic carbocycles. The van der Waals surface area contributed by atoms with E-state index in [1.54, 1.807) is 0 Å². The molecule has 0 aliphatic rings.